The number of anilines is 1. The van der Waals surface area contributed by atoms with Gasteiger partial charge in [-0.15, -0.1) is 0 Å². The topological polar surface area (TPSA) is 224 Å². The summed E-state index contributed by atoms with van der Waals surface area (Å²) in [5, 5.41) is 23.5. The van der Waals surface area contributed by atoms with E-state index in [9.17, 15) is 24.8 Å². The molecule has 364 valence electrons. The number of hydrogen-bond donors (Lipinski definition) is 3. The van der Waals surface area contributed by atoms with Crippen molar-refractivity contribution < 1.29 is 48.2 Å². The Morgan fingerprint density at radius 1 is 0.831 bits per heavy atom. The Hall–Kier alpha value is -8.07. The number of carbonyl (C=O) groups excluding carboxylic acids is 5. The van der Waals surface area contributed by atoms with Gasteiger partial charge in [0, 0.05) is 30.8 Å². The normalized spacial score (nSPS) is 22.7. The summed E-state index contributed by atoms with van der Waals surface area (Å²) in [6, 6.07) is 31.7. The van der Waals surface area contributed by atoms with Gasteiger partial charge in [0.25, 0.3) is 5.69 Å². The van der Waals surface area contributed by atoms with Crippen LogP contribution in [-0.4, -0.2) is 88.6 Å². The van der Waals surface area contributed by atoms with Gasteiger partial charge in [-0.1, -0.05) is 104 Å². The lowest BCUT2D eigenvalue weighted by Gasteiger charge is -2.46. The average Bonchev–Trinajstić information content (AvgIpc) is 3.83. The van der Waals surface area contributed by atoms with Crippen LogP contribution in [0.1, 0.15) is 83.7 Å². The number of ether oxygens (including phenoxy) is 3. The third-order valence-corrected chi connectivity index (χ3v) is 13.7. The minimum absolute atomic E-state index is 0.00950. The van der Waals surface area contributed by atoms with Crippen LogP contribution in [0.3, 0.4) is 0 Å². The van der Waals surface area contributed by atoms with Gasteiger partial charge in [-0.2, -0.15) is 0 Å². The first-order chi connectivity index (χ1) is 34.5. The zero-order chi connectivity index (χ0) is 49.6. The number of carbonyl (C=O) groups is 5. The van der Waals surface area contributed by atoms with Gasteiger partial charge < -0.3 is 35.3 Å². The fourth-order valence-corrected chi connectivity index (χ4v) is 10.7. The first-order valence-electron chi connectivity index (χ1n) is 23.6. The summed E-state index contributed by atoms with van der Waals surface area (Å²) < 4.78 is 18.3. The van der Waals surface area contributed by atoms with E-state index in [1.807, 2.05) is 65.6 Å². The molecule has 17 nitrogen and oxygen atoms in total. The van der Waals surface area contributed by atoms with Crippen molar-refractivity contribution in [2.45, 2.75) is 68.4 Å². The number of cyclic esters (lactones) is 1. The van der Waals surface area contributed by atoms with Crippen molar-refractivity contribution in [1.29, 1.82) is 0 Å². The lowest BCUT2D eigenvalue weighted by atomic mass is 9.64. The number of primary amides is 1. The van der Waals surface area contributed by atoms with Gasteiger partial charge in [0.05, 0.1) is 41.8 Å². The largest absolute Gasteiger partial charge is 0.491 e. The molecule has 71 heavy (non-hydrogen) atoms. The highest BCUT2D eigenvalue weighted by Crippen LogP contribution is 2.66. The van der Waals surface area contributed by atoms with Crippen LogP contribution in [0.25, 0.3) is 0 Å². The maximum atomic E-state index is 16.6. The highest BCUT2D eigenvalue weighted by atomic mass is 16.6. The molecule has 0 aromatic heterocycles. The van der Waals surface area contributed by atoms with Crippen LogP contribution >= 0.6 is 0 Å². The third kappa shape index (κ3) is 9.27. The fraction of sp³-hybridized carbons (Fsp3) is 0.315. The molecule has 5 amide bonds. The number of benzene rings is 5. The number of nitrogens with zero attached hydrogens (tertiary/aromatic N) is 4. The van der Waals surface area contributed by atoms with E-state index in [4.69, 9.17) is 19.9 Å². The number of fused-ring (bicyclic) bond motifs is 3. The summed E-state index contributed by atoms with van der Waals surface area (Å²) in [7, 11) is 0. The van der Waals surface area contributed by atoms with Gasteiger partial charge in [-0.05, 0) is 83.1 Å². The molecular formula is C54H52N6O11. The summed E-state index contributed by atoms with van der Waals surface area (Å²) >= 11 is 0. The molecule has 4 N–H and O–H groups in total. The summed E-state index contributed by atoms with van der Waals surface area (Å²) in [5.41, 5.74) is 6.07. The van der Waals surface area contributed by atoms with Gasteiger partial charge in [-0.3, -0.25) is 29.4 Å². The number of rotatable bonds is 11. The number of non-ortho nitro benzene ring substituents is 1. The number of esters is 1. The number of aliphatic hydroxyl groups excluding tert-OH is 1. The number of amides is 5. The van der Waals surface area contributed by atoms with Crippen LogP contribution in [0.4, 0.5) is 21.0 Å². The van der Waals surface area contributed by atoms with Gasteiger partial charge in [-0.25, -0.2) is 14.5 Å². The maximum absolute atomic E-state index is 16.6. The number of urea groups is 1. The van der Waals surface area contributed by atoms with Gasteiger partial charge in [0.2, 0.25) is 11.8 Å². The van der Waals surface area contributed by atoms with E-state index in [-0.39, 0.29) is 43.3 Å². The van der Waals surface area contributed by atoms with Crippen molar-refractivity contribution in [3.05, 3.63) is 171 Å². The fourth-order valence-electron chi connectivity index (χ4n) is 10.7. The first kappa shape index (κ1) is 48.0. The third-order valence-electron chi connectivity index (χ3n) is 13.7. The molecule has 4 aliphatic heterocycles. The summed E-state index contributed by atoms with van der Waals surface area (Å²) in [6.07, 6.45) is 2.10. The maximum Gasteiger partial charge on any atom is 0.421 e. The molecular weight excluding hydrogens is 909 g/mol. The van der Waals surface area contributed by atoms with Crippen LogP contribution in [0.2, 0.25) is 0 Å². The number of likely N-dealkylation sites (tertiary alicyclic amines) is 1. The van der Waals surface area contributed by atoms with Crippen molar-refractivity contribution in [1.82, 2.24) is 15.1 Å². The molecule has 17 heteroatoms. The number of nitrogens with two attached hydrogens (primary N) is 1. The highest BCUT2D eigenvalue weighted by molar-refractivity contribution is 6.23. The summed E-state index contributed by atoms with van der Waals surface area (Å²) in [6.45, 7) is 0.0199. The Morgan fingerprint density at radius 3 is 2.14 bits per heavy atom. The van der Waals surface area contributed by atoms with E-state index >= 15 is 14.4 Å². The van der Waals surface area contributed by atoms with Crippen LogP contribution in [-0.2, 0) is 35.9 Å². The molecule has 3 saturated heterocycles. The average molecular weight is 961 g/mol. The molecule has 5 aromatic carbocycles. The number of imide groups is 1. The van der Waals surface area contributed by atoms with Crippen molar-refractivity contribution in [3.63, 3.8) is 0 Å². The van der Waals surface area contributed by atoms with E-state index < -0.39 is 70.4 Å². The number of morpholine rings is 1. The first-order valence-corrected chi connectivity index (χ1v) is 23.6. The highest BCUT2D eigenvalue weighted by Gasteiger charge is 2.76. The Kier molecular flexibility index (Phi) is 14.1. The molecule has 0 radical (unpaired) electrons. The van der Waals surface area contributed by atoms with E-state index in [1.54, 1.807) is 47.4 Å². The Bertz CT molecular complexity index is 2860. The molecule has 3 fully saturated rings. The lowest BCUT2D eigenvalue weighted by molar-refractivity contribution is -0.384. The van der Waals surface area contributed by atoms with E-state index in [0.717, 1.165) is 29.7 Å². The molecule has 1 spiro atoms. The monoisotopic (exact) mass is 960 g/mol. The SMILES string of the molecule is NC(=O)NCC#Cc1ccc2c(c1)[C@]1(C(=O)N2C(=O)OCc2ccc([N+](=O)[O-])cc2)[C@H](C(=O)N2CCCCCCC2)[C@H]2C(=O)O[C@H](c3ccccc3)[C@H](c3ccccc3)N2[C@@H]1c1ccc(OCCO)cc1. The minimum atomic E-state index is -2.08. The molecule has 6 atom stereocenters. The lowest BCUT2D eigenvalue weighted by Crippen LogP contribution is -2.56. The van der Waals surface area contributed by atoms with Crippen molar-refractivity contribution in [3.8, 4) is 17.6 Å². The molecule has 4 aliphatic rings. The quantitative estimate of drug-likeness (QED) is 0.0539. The van der Waals surface area contributed by atoms with Crippen molar-refractivity contribution >= 4 is 41.3 Å². The molecule has 4 heterocycles. The second-order valence-electron chi connectivity index (χ2n) is 17.9. The van der Waals surface area contributed by atoms with Crippen molar-refractivity contribution in [2.24, 2.45) is 11.7 Å². The van der Waals surface area contributed by atoms with E-state index in [1.165, 1.54) is 24.3 Å². The van der Waals surface area contributed by atoms with Crippen LogP contribution in [0, 0.1) is 27.9 Å². The number of nitrogens with one attached hydrogen (secondary N) is 1. The number of nitro groups is 1. The Labute approximate surface area is 409 Å². The number of aliphatic hydroxyl groups is 1. The van der Waals surface area contributed by atoms with Gasteiger partial charge >= 0.3 is 18.1 Å². The number of hydrogen-bond acceptors (Lipinski definition) is 12. The molecule has 9 rings (SSSR count). The zero-order valence-electron chi connectivity index (χ0n) is 38.7. The Balaban J connectivity index is 1.31. The molecule has 5 aromatic rings. The van der Waals surface area contributed by atoms with Crippen LogP contribution < -0.4 is 20.7 Å². The Morgan fingerprint density at radius 2 is 1.49 bits per heavy atom. The second kappa shape index (κ2) is 20.9. The smallest absolute Gasteiger partial charge is 0.421 e. The second-order valence-corrected chi connectivity index (χ2v) is 17.9. The number of nitro benzene ring substituents is 1. The zero-order valence-corrected chi connectivity index (χ0v) is 38.7. The van der Waals surface area contributed by atoms with Crippen LogP contribution in [0.5, 0.6) is 5.75 Å². The molecule has 0 saturated carbocycles. The molecule has 0 unspecified atom stereocenters. The van der Waals surface area contributed by atoms with Crippen molar-refractivity contribution in [2.75, 3.05) is 37.7 Å². The molecule has 0 aliphatic carbocycles. The van der Waals surface area contributed by atoms with Gasteiger partial charge in [0.15, 0.2) is 0 Å². The van der Waals surface area contributed by atoms with E-state index in [2.05, 4.69) is 17.2 Å². The van der Waals surface area contributed by atoms with Crippen LogP contribution in [0.15, 0.2) is 127 Å². The van der Waals surface area contributed by atoms with Gasteiger partial charge in [0.1, 0.15) is 36.5 Å². The predicted octanol–water partition coefficient (Wildman–Crippen LogP) is 6.78. The summed E-state index contributed by atoms with van der Waals surface area (Å²) in [4.78, 5) is 90.2. The molecule has 0 bridgehead atoms. The minimum Gasteiger partial charge on any atom is -0.491 e. The van der Waals surface area contributed by atoms with E-state index in [0.29, 0.717) is 53.9 Å². The standard InChI is InChI=1S/C54H52N6O11/c55-52(65)56-28-12-13-35-20-27-43-42(33-35)54(51(64)58(43)53(66)70-34-36-18-23-40(24-19-36)60(67)68)44(49(62)57-29-10-2-1-3-11-30-57)46-50(63)71-47(38-16-8-5-9-17-38)45(37-14-6-4-7-15-37)59(46)48(54)39-21-25-41(26-22-39)69-32-31-61/h4-9,14-27,33,44-48,61H,1-3,10-11,28-32,34H2,(H3,55,56,65)/t44-,45-,46-,47+,48+,54-/m0/s1. The summed E-state index contributed by atoms with van der Waals surface area (Å²) in [5.74, 6) is 2.81. The predicted molar refractivity (Wildman–Crippen MR) is 258 cm³/mol.